The van der Waals surface area contributed by atoms with Gasteiger partial charge in [0, 0.05) is 13.1 Å². The van der Waals surface area contributed by atoms with Gasteiger partial charge in [-0.15, -0.1) is 0 Å². The summed E-state index contributed by atoms with van der Waals surface area (Å²) in [4.78, 5) is 14.6. The second-order valence-corrected chi connectivity index (χ2v) is 5.88. The maximum Gasteiger partial charge on any atom is 0.242 e. The molecule has 1 aliphatic carbocycles. The molecule has 1 heterocycles. The summed E-state index contributed by atoms with van der Waals surface area (Å²) >= 11 is 0. The van der Waals surface area contributed by atoms with Crippen LogP contribution in [-0.4, -0.2) is 29.4 Å². The Morgan fingerprint density at radius 2 is 2.00 bits per heavy atom. The fraction of sp³-hybridized carbons (Fsp3) is 0.929. The van der Waals surface area contributed by atoms with Crippen molar-refractivity contribution >= 4 is 5.91 Å². The predicted octanol–water partition coefficient (Wildman–Crippen LogP) is 2.30. The Morgan fingerprint density at radius 3 is 2.65 bits per heavy atom. The molecule has 1 unspecified atom stereocenters. The fourth-order valence-electron chi connectivity index (χ4n) is 3.29. The van der Waals surface area contributed by atoms with Gasteiger partial charge in [-0.1, -0.05) is 32.6 Å². The van der Waals surface area contributed by atoms with Crippen LogP contribution in [0.3, 0.4) is 0 Å². The first kappa shape index (κ1) is 12.9. The molecule has 1 saturated heterocycles. The van der Waals surface area contributed by atoms with Crippen LogP contribution in [0, 0.1) is 5.92 Å². The van der Waals surface area contributed by atoms with Gasteiger partial charge in [0.15, 0.2) is 0 Å². The van der Waals surface area contributed by atoms with Crippen molar-refractivity contribution < 1.29 is 4.79 Å². The number of carbonyl (C=O) groups is 1. The van der Waals surface area contributed by atoms with E-state index in [0.717, 1.165) is 45.2 Å². The Morgan fingerprint density at radius 1 is 1.29 bits per heavy atom. The molecule has 2 rings (SSSR count). The molecule has 3 heteroatoms. The largest absolute Gasteiger partial charge is 0.341 e. The molecule has 1 saturated carbocycles. The van der Waals surface area contributed by atoms with E-state index in [9.17, 15) is 4.79 Å². The third kappa shape index (κ3) is 2.82. The predicted molar refractivity (Wildman–Crippen MR) is 69.6 cm³/mol. The number of nitrogens with two attached hydrogens (primary N) is 1. The lowest BCUT2D eigenvalue weighted by atomic mass is 9.80. The summed E-state index contributed by atoms with van der Waals surface area (Å²) in [6.07, 6.45) is 8.86. The van der Waals surface area contributed by atoms with Gasteiger partial charge in [0.1, 0.15) is 0 Å². The summed E-state index contributed by atoms with van der Waals surface area (Å²) in [5.74, 6) is 0.926. The number of carbonyl (C=O) groups excluding carboxylic acids is 1. The summed E-state index contributed by atoms with van der Waals surface area (Å²) in [6.45, 7) is 4.08. The van der Waals surface area contributed by atoms with Crippen molar-refractivity contribution in [1.29, 1.82) is 0 Å². The van der Waals surface area contributed by atoms with Crippen molar-refractivity contribution in [3.8, 4) is 0 Å². The highest BCUT2D eigenvalue weighted by molar-refractivity contribution is 5.86. The van der Waals surface area contributed by atoms with Crippen LogP contribution in [0.2, 0.25) is 0 Å². The smallest absolute Gasteiger partial charge is 0.242 e. The van der Waals surface area contributed by atoms with Gasteiger partial charge in [-0.25, -0.2) is 0 Å². The SMILES string of the molecule is CCC1CCCN(C(=O)C2(N)CCCCC2)C1. The van der Waals surface area contributed by atoms with E-state index < -0.39 is 5.54 Å². The van der Waals surface area contributed by atoms with E-state index >= 15 is 0 Å². The quantitative estimate of drug-likeness (QED) is 0.802. The topological polar surface area (TPSA) is 46.3 Å². The van der Waals surface area contributed by atoms with Crippen molar-refractivity contribution in [1.82, 2.24) is 4.90 Å². The lowest BCUT2D eigenvalue weighted by Crippen LogP contribution is -2.58. The molecular formula is C14H26N2O. The number of likely N-dealkylation sites (tertiary alicyclic amines) is 1. The molecule has 0 aromatic heterocycles. The zero-order valence-corrected chi connectivity index (χ0v) is 11.1. The zero-order valence-electron chi connectivity index (χ0n) is 11.1. The zero-order chi connectivity index (χ0) is 12.3. The number of hydrogen-bond acceptors (Lipinski definition) is 2. The second-order valence-electron chi connectivity index (χ2n) is 5.88. The molecule has 0 bridgehead atoms. The van der Waals surface area contributed by atoms with Gasteiger partial charge >= 0.3 is 0 Å². The van der Waals surface area contributed by atoms with Gasteiger partial charge in [-0.2, -0.15) is 0 Å². The van der Waals surface area contributed by atoms with E-state index in [1.807, 2.05) is 4.90 Å². The number of rotatable bonds is 2. The molecule has 2 N–H and O–H groups in total. The minimum Gasteiger partial charge on any atom is -0.341 e. The van der Waals surface area contributed by atoms with Crippen LogP contribution in [0.4, 0.5) is 0 Å². The Labute approximate surface area is 105 Å². The molecule has 3 nitrogen and oxygen atoms in total. The van der Waals surface area contributed by atoms with Crippen molar-refractivity contribution in [3.63, 3.8) is 0 Å². The normalized spacial score (nSPS) is 29.1. The van der Waals surface area contributed by atoms with Crippen LogP contribution in [0.15, 0.2) is 0 Å². The minimum atomic E-state index is -0.534. The summed E-state index contributed by atoms with van der Waals surface area (Å²) in [5.41, 5.74) is 5.80. The van der Waals surface area contributed by atoms with Crippen molar-refractivity contribution in [2.75, 3.05) is 13.1 Å². The van der Waals surface area contributed by atoms with Crippen LogP contribution < -0.4 is 5.73 Å². The average molecular weight is 238 g/mol. The van der Waals surface area contributed by atoms with Crippen LogP contribution in [-0.2, 0) is 4.79 Å². The standard InChI is InChI=1S/C14H26N2O/c1-2-12-7-6-10-16(11-12)13(17)14(15)8-4-3-5-9-14/h12H,2-11,15H2,1H3. The molecule has 1 amide bonds. The second kappa shape index (κ2) is 5.38. The molecule has 0 aromatic rings. The number of nitrogens with zero attached hydrogens (tertiary/aromatic N) is 1. The molecule has 1 atom stereocenters. The summed E-state index contributed by atoms with van der Waals surface area (Å²) in [6, 6.07) is 0. The van der Waals surface area contributed by atoms with Gasteiger partial charge in [0.2, 0.25) is 5.91 Å². The third-order valence-electron chi connectivity index (χ3n) is 4.56. The Hall–Kier alpha value is -0.570. The molecule has 1 aliphatic heterocycles. The Bertz CT molecular complexity index is 271. The van der Waals surface area contributed by atoms with Gasteiger partial charge in [-0.05, 0) is 31.6 Å². The van der Waals surface area contributed by atoms with Crippen molar-refractivity contribution in [2.24, 2.45) is 11.7 Å². The minimum absolute atomic E-state index is 0.232. The van der Waals surface area contributed by atoms with E-state index in [2.05, 4.69) is 6.92 Å². The van der Waals surface area contributed by atoms with Crippen LogP contribution in [0.1, 0.15) is 58.3 Å². The van der Waals surface area contributed by atoms with Gasteiger partial charge in [0.05, 0.1) is 5.54 Å². The van der Waals surface area contributed by atoms with Crippen molar-refractivity contribution in [2.45, 2.75) is 63.8 Å². The molecule has 0 spiro atoms. The molecule has 0 aromatic carbocycles. The van der Waals surface area contributed by atoms with Gasteiger partial charge in [-0.3, -0.25) is 4.79 Å². The maximum absolute atomic E-state index is 12.5. The highest BCUT2D eigenvalue weighted by Gasteiger charge is 2.39. The first-order valence-corrected chi connectivity index (χ1v) is 7.24. The first-order chi connectivity index (χ1) is 8.15. The van der Waals surface area contributed by atoms with Crippen molar-refractivity contribution in [3.05, 3.63) is 0 Å². The number of piperidine rings is 1. The Balaban J connectivity index is 1.98. The summed E-state index contributed by atoms with van der Waals surface area (Å²) < 4.78 is 0. The average Bonchev–Trinajstić information content (AvgIpc) is 2.39. The summed E-state index contributed by atoms with van der Waals surface area (Å²) in [7, 11) is 0. The van der Waals surface area contributed by atoms with E-state index in [1.54, 1.807) is 0 Å². The molecular weight excluding hydrogens is 212 g/mol. The Kier molecular flexibility index (Phi) is 4.08. The molecule has 0 radical (unpaired) electrons. The molecule has 98 valence electrons. The fourth-order valence-corrected chi connectivity index (χ4v) is 3.29. The summed E-state index contributed by atoms with van der Waals surface area (Å²) in [5, 5.41) is 0. The van der Waals surface area contributed by atoms with E-state index in [0.29, 0.717) is 5.92 Å². The third-order valence-corrected chi connectivity index (χ3v) is 4.56. The molecule has 2 aliphatic rings. The maximum atomic E-state index is 12.5. The lowest BCUT2D eigenvalue weighted by molar-refractivity contribution is -0.140. The van der Waals surface area contributed by atoms with Crippen LogP contribution in [0.25, 0.3) is 0 Å². The lowest BCUT2D eigenvalue weighted by Gasteiger charge is -2.40. The number of amides is 1. The van der Waals surface area contributed by atoms with Crippen LogP contribution >= 0.6 is 0 Å². The van der Waals surface area contributed by atoms with E-state index in [4.69, 9.17) is 5.73 Å². The highest BCUT2D eigenvalue weighted by Crippen LogP contribution is 2.29. The monoisotopic (exact) mass is 238 g/mol. The highest BCUT2D eigenvalue weighted by atomic mass is 16.2. The number of hydrogen-bond donors (Lipinski definition) is 1. The van der Waals surface area contributed by atoms with Crippen LogP contribution in [0.5, 0.6) is 0 Å². The van der Waals surface area contributed by atoms with E-state index in [1.165, 1.54) is 19.3 Å². The van der Waals surface area contributed by atoms with Gasteiger partial charge < -0.3 is 10.6 Å². The van der Waals surface area contributed by atoms with Gasteiger partial charge in [0.25, 0.3) is 0 Å². The molecule has 2 fully saturated rings. The molecule has 17 heavy (non-hydrogen) atoms. The van der Waals surface area contributed by atoms with E-state index in [-0.39, 0.29) is 5.91 Å². The first-order valence-electron chi connectivity index (χ1n) is 7.24.